The van der Waals surface area contributed by atoms with Crippen molar-refractivity contribution in [3.8, 4) is 28.7 Å². The van der Waals surface area contributed by atoms with E-state index in [4.69, 9.17) is 0 Å². The third-order valence-corrected chi connectivity index (χ3v) is 3.93. The third-order valence-electron chi connectivity index (χ3n) is 2.47. The summed E-state index contributed by atoms with van der Waals surface area (Å²) in [5.41, 5.74) is 0. The minimum atomic E-state index is -2.03. The first-order chi connectivity index (χ1) is 8.95. The molecule has 0 spiro atoms. The molecule has 0 bridgehead atoms. The second kappa shape index (κ2) is 4.69. The van der Waals surface area contributed by atoms with Gasteiger partial charge in [-0.05, 0) is 12.1 Å². The summed E-state index contributed by atoms with van der Waals surface area (Å²) in [5, 5.41) is 47.3. The number of hydrogen-bond donors (Lipinski definition) is 5. The summed E-state index contributed by atoms with van der Waals surface area (Å²) in [6.45, 7) is 0. The Labute approximate surface area is 110 Å². The molecule has 19 heavy (non-hydrogen) atoms. The van der Waals surface area contributed by atoms with Crippen LogP contribution in [0.15, 0.2) is 40.1 Å². The van der Waals surface area contributed by atoms with Gasteiger partial charge in [-0.1, -0.05) is 18.2 Å². The van der Waals surface area contributed by atoms with Gasteiger partial charge in [-0.2, -0.15) is 0 Å². The predicted octanol–water partition coefficient (Wildman–Crippen LogP) is 1.38. The van der Waals surface area contributed by atoms with E-state index in [0.29, 0.717) is 0 Å². The minimum absolute atomic E-state index is 0.248. The second-order valence-electron chi connectivity index (χ2n) is 3.65. The maximum absolute atomic E-state index is 12.2. The van der Waals surface area contributed by atoms with Crippen LogP contribution in [0.1, 0.15) is 0 Å². The fourth-order valence-electron chi connectivity index (χ4n) is 1.50. The largest absolute Gasteiger partial charge is 0.503 e. The van der Waals surface area contributed by atoms with Gasteiger partial charge in [0.05, 0.1) is 10.8 Å². The Morgan fingerprint density at radius 2 is 1.11 bits per heavy atom. The fourth-order valence-corrected chi connectivity index (χ4v) is 2.69. The van der Waals surface area contributed by atoms with Crippen LogP contribution in [0.4, 0.5) is 0 Å². The molecular weight excluding hydrogens is 272 g/mol. The van der Waals surface area contributed by atoms with Gasteiger partial charge in [0.1, 0.15) is 4.90 Å². The van der Waals surface area contributed by atoms with Crippen molar-refractivity contribution in [1.29, 1.82) is 0 Å². The summed E-state index contributed by atoms with van der Waals surface area (Å²) in [5.74, 6) is -5.07. The van der Waals surface area contributed by atoms with E-state index in [1.54, 1.807) is 18.2 Å². The molecule has 6 nitrogen and oxygen atoms in total. The van der Waals surface area contributed by atoms with Gasteiger partial charge in [0.25, 0.3) is 0 Å². The van der Waals surface area contributed by atoms with Crippen LogP contribution in [0.3, 0.4) is 0 Å². The van der Waals surface area contributed by atoms with E-state index in [2.05, 4.69) is 0 Å². The molecule has 5 N–H and O–H groups in total. The molecule has 100 valence electrons. The lowest BCUT2D eigenvalue weighted by Crippen LogP contribution is -1.95. The highest BCUT2D eigenvalue weighted by molar-refractivity contribution is 7.85. The Morgan fingerprint density at radius 3 is 1.58 bits per heavy atom. The van der Waals surface area contributed by atoms with E-state index < -0.39 is 44.4 Å². The average molecular weight is 282 g/mol. The quantitative estimate of drug-likeness (QED) is 0.419. The van der Waals surface area contributed by atoms with Crippen LogP contribution in [-0.4, -0.2) is 29.7 Å². The topological polar surface area (TPSA) is 118 Å². The molecule has 0 amide bonds. The van der Waals surface area contributed by atoms with E-state index in [9.17, 15) is 29.7 Å². The Morgan fingerprint density at radius 1 is 0.684 bits per heavy atom. The first kappa shape index (κ1) is 13.0. The van der Waals surface area contributed by atoms with Gasteiger partial charge < -0.3 is 25.5 Å². The summed E-state index contributed by atoms with van der Waals surface area (Å²) in [4.78, 5) is -0.323. The van der Waals surface area contributed by atoms with E-state index in [1.807, 2.05) is 0 Å². The Hall–Kier alpha value is -2.41. The smallest absolute Gasteiger partial charge is 0.208 e. The van der Waals surface area contributed by atoms with Crippen molar-refractivity contribution in [2.24, 2.45) is 0 Å². The summed E-state index contributed by atoms with van der Waals surface area (Å²) in [7, 11) is -2.03. The van der Waals surface area contributed by atoms with Crippen molar-refractivity contribution in [1.82, 2.24) is 0 Å². The summed E-state index contributed by atoms with van der Waals surface area (Å²) in [6, 6.07) is 7.85. The first-order valence-corrected chi connectivity index (χ1v) is 6.25. The normalized spacial score (nSPS) is 12.2. The molecule has 0 saturated heterocycles. The second-order valence-corrected chi connectivity index (χ2v) is 5.07. The van der Waals surface area contributed by atoms with Crippen LogP contribution in [0, 0.1) is 0 Å². The van der Waals surface area contributed by atoms with Crippen molar-refractivity contribution in [2.45, 2.75) is 9.79 Å². The van der Waals surface area contributed by atoms with Gasteiger partial charge in [0.15, 0.2) is 11.5 Å². The number of benzene rings is 2. The standard InChI is InChI=1S/C12H10O6S/c13-7-8(14)10(16)12(11(17)9(7)15)19(18)6-4-2-1-3-5-6/h1-5,13-17H. The van der Waals surface area contributed by atoms with Gasteiger partial charge in [0.2, 0.25) is 17.2 Å². The lowest BCUT2D eigenvalue weighted by molar-refractivity contribution is 0.318. The van der Waals surface area contributed by atoms with E-state index >= 15 is 0 Å². The van der Waals surface area contributed by atoms with Crippen LogP contribution in [0.5, 0.6) is 28.7 Å². The van der Waals surface area contributed by atoms with Crippen LogP contribution < -0.4 is 0 Å². The zero-order valence-electron chi connectivity index (χ0n) is 9.44. The van der Waals surface area contributed by atoms with Crippen LogP contribution in [0.2, 0.25) is 0 Å². The Kier molecular flexibility index (Phi) is 3.22. The molecular formula is C12H10O6S. The molecule has 2 aromatic rings. The fraction of sp³-hybridized carbons (Fsp3) is 0. The highest BCUT2D eigenvalue weighted by Crippen LogP contribution is 2.52. The molecule has 0 aliphatic carbocycles. The molecule has 0 aliphatic heterocycles. The molecule has 2 aromatic carbocycles. The maximum atomic E-state index is 12.2. The lowest BCUT2D eigenvalue weighted by Gasteiger charge is -2.11. The summed E-state index contributed by atoms with van der Waals surface area (Å²) in [6.07, 6.45) is 0. The molecule has 1 atom stereocenters. The molecule has 0 heterocycles. The first-order valence-electron chi connectivity index (χ1n) is 5.10. The third kappa shape index (κ3) is 2.04. The predicted molar refractivity (Wildman–Crippen MR) is 65.9 cm³/mol. The highest BCUT2D eigenvalue weighted by atomic mass is 32.2. The van der Waals surface area contributed by atoms with Gasteiger partial charge in [-0.3, -0.25) is 0 Å². The summed E-state index contributed by atoms with van der Waals surface area (Å²) >= 11 is 0. The molecule has 7 heteroatoms. The van der Waals surface area contributed by atoms with Crippen molar-refractivity contribution in [2.75, 3.05) is 0 Å². The maximum Gasteiger partial charge on any atom is 0.208 e. The van der Waals surface area contributed by atoms with Gasteiger partial charge >= 0.3 is 0 Å². The number of phenols is 5. The van der Waals surface area contributed by atoms with Crippen LogP contribution >= 0.6 is 0 Å². The van der Waals surface area contributed by atoms with Crippen molar-refractivity contribution < 1.29 is 29.7 Å². The van der Waals surface area contributed by atoms with Gasteiger partial charge in [-0.25, -0.2) is 4.21 Å². The monoisotopic (exact) mass is 282 g/mol. The zero-order valence-corrected chi connectivity index (χ0v) is 10.3. The molecule has 0 radical (unpaired) electrons. The average Bonchev–Trinajstić information content (AvgIpc) is 2.44. The molecule has 1 unspecified atom stereocenters. The molecule has 0 aliphatic rings. The van der Waals surface area contributed by atoms with E-state index in [1.165, 1.54) is 12.1 Å². The minimum Gasteiger partial charge on any atom is -0.503 e. The molecule has 0 aromatic heterocycles. The van der Waals surface area contributed by atoms with Gasteiger partial charge in [-0.15, -0.1) is 0 Å². The Bertz CT molecular complexity index is 624. The van der Waals surface area contributed by atoms with Crippen molar-refractivity contribution in [3.63, 3.8) is 0 Å². The molecule has 0 saturated carbocycles. The van der Waals surface area contributed by atoms with Crippen molar-refractivity contribution in [3.05, 3.63) is 30.3 Å². The summed E-state index contributed by atoms with van der Waals surface area (Å²) < 4.78 is 12.2. The zero-order chi connectivity index (χ0) is 14.2. The Balaban J connectivity index is 2.67. The van der Waals surface area contributed by atoms with Crippen molar-refractivity contribution >= 4 is 10.8 Å². The number of aromatic hydroxyl groups is 5. The van der Waals surface area contributed by atoms with Crippen LogP contribution in [0.25, 0.3) is 0 Å². The van der Waals surface area contributed by atoms with E-state index in [-0.39, 0.29) is 4.90 Å². The lowest BCUT2D eigenvalue weighted by atomic mass is 10.2. The van der Waals surface area contributed by atoms with Gasteiger partial charge in [0, 0.05) is 4.90 Å². The van der Waals surface area contributed by atoms with E-state index in [0.717, 1.165) is 0 Å². The SMILES string of the molecule is O=S(c1ccccc1)c1c(O)c(O)c(O)c(O)c1O. The molecule has 0 fully saturated rings. The number of phenolic OH excluding ortho intramolecular Hbond substituents is 5. The molecule has 2 rings (SSSR count). The number of hydrogen-bond acceptors (Lipinski definition) is 6. The highest BCUT2D eigenvalue weighted by Gasteiger charge is 2.27. The van der Waals surface area contributed by atoms with Crippen LogP contribution in [-0.2, 0) is 10.8 Å². The number of rotatable bonds is 2.